The molecule has 0 spiro atoms. The summed E-state index contributed by atoms with van der Waals surface area (Å²) in [5, 5.41) is -0.669. The van der Waals surface area contributed by atoms with Crippen molar-refractivity contribution >= 4 is 33.3 Å². The van der Waals surface area contributed by atoms with Gasteiger partial charge in [0.25, 0.3) is 10.1 Å². The Bertz CT molecular complexity index is 785. The molecule has 0 bridgehead atoms. The fourth-order valence-electron chi connectivity index (χ4n) is 3.57. The van der Waals surface area contributed by atoms with Crippen LogP contribution in [0.3, 0.4) is 0 Å². The highest BCUT2D eigenvalue weighted by Gasteiger charge is 2.68. The van der Waals surface area contributed by atoms with E-state index in [1.54, 1.807) is 34.6 Å². The van der Waals surface area contributed by atoms with Crippen molar-refractivity contribution in [1.29, 1.82) is 0 Å². The maximum atomic E-state index is 13.1. The lowest BCUT2D eigenvalue weighted by Crippen LogP contribution is -2.67. The van der Waals surface area contributed by atoms with Crippen molar-refractivity contribution in [3.05, 3.63) is 11.6 Å². The second kappa shape index (κ2) is 6.89. The van der Waals surface area contributed by atoms with Gasteiger partial charge in [-0.15, -0.1) is 11.6 Å². The number of ether oxygens (including phenoxy) is 1. The van der Waals surface area contributed by atoms with Crippen LogP contribution in [-0.4, -0.2) is 50.3 Å². The SMILES string of the molecule is CO[C@@]12OO[C@](C)(CCOS(=O)(=O)CCl)C=C1C(=O)C(C)(C)C(=O)C2(C)C. The summed E-state index contributed by atoms with van der Waals surface area (Å²) in [5.41, 5.74) is -3.47. The Labute approximate surface area is 164 Å². The molecule has 2 aliphatic rings. The third kappa shape index (κ3) is 3.49. The average Bonchev–Trinajstić information content (AvgIpc) is 2.59. The Morgan fingerprint density at radius 3 is 2.22 bits per heavy atom. The number of alkyl halides is 1. The molecule has 0 aromatic heterocycles. The first-order valence-electron chi connectivity index (χ1n) is 8.37. The average molecular weight is 425 g/mol. The van der Waals surface area contributed by atoms with Crippen LogP contribution in [-0.2, 0) is 38.4 Å². The van der Waals surface area contributed by atoms with Crippen molar-refractivity contribution in [1.82, 2.24) is 0 Å². The minimum absolute atomic E-state index is 0.0640. The summed E-state index contributed by atoms with van der Waals surface area (Å²) in [4.78, 5) is 37.0. The fourth-order valence-corrected chi connectivity index (χ4v) is 4.15. The van der Waals surface area contributed by atoms with Crippen LogP contribution in [0.15, 0.2) is 11.6 Å². The van der Waals surface area contributed by atoms with Crippen LogP contribution in [0.4, 0.5) is 0 Å². The van der Waals surface area contributed by atoms with Crippen molar-refractivity contribution in [2.45, 2.75) is 52.4 Å². The van der Waals surface area contributed by atoms with E-state index in [9.17, 15) is 18.0 Å². The van der Waals surface area contributed by atoms with Gasteiger partial charge in [-0.25, -0.2) is 4.89 Å². The summed E-state index contributed by atoms with van der Waals surface area (Å²) < 4.78 is 33.0. The van der Waals surface area contributed by atoms with Crippen LogP contribution >= 0.6 is 11.6 Å². The Balaban J connectivity index is 2.43. The molecule has 0 saturated heterocycles. The van der Waals surface area contributed by atoms with Crippen LogP contribution in [0.25, 0.3) is 0 Å². The van der Waals surface area contributed by atoms with E-state index in [1.807, 2.05) is 0 Å². The van der Waals surface area contributed by atoms with E-state index in [-0.39, 0.29) is 24.4 Å². The first-order valence-corrected chi connectivity index (χ1v) is 10.5. The number of Topliss-reactive ketones (excluding diaryl/α,β-unsaturated/α-hetero) is 2. The lowest BCUT2D eigenvalue weighted by molar-refractivity contribution is -0.469. The number of methoxy groups -OCH3 is 1. The maximum absolute atomic E-state index is 13.1. The van der Waals surface area contributed by atoms with Gasteiger partial charge in [0.1, 0.15) is 10.8 Å². The predicted molar refractivity (Wildman–Crippen MR) is 96.2 cm³/mol. The van der Waals surface area contributed by atoms with Crippen LogP contribution in [0, 0.1) is 10.8 Å². The Hall–Kier alpha value is -0.840. The van der Waals surface area contributed by atoms with Crippen molar-refractivity contribution in [3.8, 4) is 0 Å². The standard InChI is InChI=1S/C17H25ClO8S/c1-14(2)12(19)11-9-16(5,7-8-24-27(21,22)10-18)25-26-17(11,23-6)15(3,4)13(14)20/h9H,7-8,10H2,1-6H3/t16-,17-/m1/s1. The summed E-state index contributed by atoms with van der Waals surface area (Å²) in [6.07, 6.45) is 1.59. The lowest BCUT2D eigenvalue weighted by atomic mass is 9.57. The number of carbonyl (C=O) groups excluding carboxylic acids is 2. The first kappa shape index (κ1) is 22.4. The van der Waals surface area contributed by atoms with Crippen molar-refractivity contribution in [2.24, 2.45) is 10.8 Å². The predicted octanol–water partition coefficient (Wildman–Crippen LogP) is 2.11. The van der Waals surface area contributed by atoms with Gasteiger partial charge < -0.3 is 4.74 Å². The van der Waals surface area contributed by atoms with Crippen molar-refractivity contribution < 1.29 is 36.7 Å². The van der Waals surface area contributed by atoms with Gasteiger partial charge in [0, 0.05) is 13.5 Å². The highest BCUT2D eigenvalue weighted by atomic mass is 35.5. The highest BCUT2D eigenvalue weighted by Crippen LogP contribution is 2.54. The topological polar surface area (TPSA) is 105 Å². The van der Waals surface area contributed by atoms with Crippen LogP contribution in [0.5, 0.6) is 0 Å². The molecule has 1 fully saturated rings. The maximum Gasteiger partial charge on any atom is 0.281 e. The second-order valence-corrected chi connectivity index (χ2v) is 10.2. The summed E-state index contributed by atoms with van der Waals surface area (Å²) in [6.45, 7) is 7.76. The number of carbonyl (C=O) groups is 2. The van der Waals surface area contributed by atoms with Gasteiger partial charge >= 0.3 is 0 Å². The number of halogens is 1. The third-order valence-electron chi connectivity index (χ3n) is 5.21. The monoisotopic (exact) mass is 424 g/mol. The molecule has 0 amide bonds. The number of rotatable bonds is 6. The van der Waals surface area contributed by atoms with E-state index in [4.69, 9.17) is 30.3 Å². The molecule has 1 saturated carbocycles. The number of ketones is 2. The smallest absolute Gasteiger partial charge is 0.281 e. The van der Waals surface area contributed by atoms with Crippen LogP contribution in [0.2, 0.25) is 0 Å². The van der Waals surface area contributed by atoms with Gasteiger partial charge in [0.15, 0.2) is 11.6 Å². The van der Waals surface area contributed by atoms with E-state index in [0.29, 0.717) is 0 Å². The molecule has 0 N–H and O–H groups in total. The molecule has 0 aromatic rings. The minimum atomic E-state index is -3.83. The molecule has 0 unspecified atom stereocenters. The zero-order valence-corrected chi connectivity index (χ0v) is 17.8. The largest absolute Gasteiger partial charge is 0.346 e. The number of hydrogen-bond donors (Lipinski definition) is 0. The molecule has 1 heterocycles. The summed E-state index contributed by atoms with van der Waals surface area (Å²) in [5.74, 6) is -2.46. The van der Waals surface area contributed by atoms with Gasteiger partial charge in [0.2, 0.25) is 5.79 Å². The quantitative estimate of drug-likeness (QED) is 0.276. The van der Waals surface area contributed by atoms with E-state index in [2.05, 4.69) is 0 Å². The van der Waals surface area contributed by atoms with Crippen molar-refractivity contribution in [2.75, 3.05) is 18.9 Å². The molecule has 8 nitrogen and oxygen atoms in total. The normalized spacial score (nSPS) is 32.8. The van der Waals surface area contributed by atoms with Gasteiger partial charge in [-0.3, -0.25) is 13.8 Å². The summed E-state index contributed by atoms with van der Waals surface area (Å²) >= 11 is 5.30. The summed E-state index contributed by atoms with van der Waals surface area (Å²) in [6, 6.07) is 0. The Morgan fingerprint density at radius 2 is 1.70 bits per heavy atom. The third-order valence-corrected chi connectivity index (χ3v) is 6.80. The van der Waals surface area contributed by atoms with E-state index < -0.39 is 43.3 Å². The van der Waals surface area contributed by atoms with Crippen LogP contribution < -0.4 is 0 Å². The van der Waals surface area contributed by atoms with Gasteiger partial charge in [-0.2, -0.15) is 13.3 Å². The molecular formula is C17H25ClO8S. The molecule has 1 aliphatic heterocycles. The molecule has 154 valence electrons. The Kier molecular flexibility index (Phi) is 5.73. The van der Waals surface area contributed by atoms with Crippen LogP contribution in [0.1, 0.15) is 41.0 Å². The van der Waals surface area contributed by atoms with E-state index >= 15 is 0 Å². The molecule has 10 heteroatoms. The molecule has 2 atom stereocenters. The zero-order valence-electron chi connectivity index (χ0n) is 16.3. The molecule has 27 heavy (non-hydrogen) atoms. The van der Waals surface area contributed by atoms with Crippen molar-refractivity contribution in [3.63, 3.8) is 0 Å². The zero-order chi connectivity index (χ0) is 20.9. The fraction of sp³-hybridized carbons (Fsp3) is 0.765. The number of hydrogen-bond acceptors (Lipinski definition) is 8. The molecular weight excluding hydrogens is 400 g/mol. The molecule has 2 rings (SSSR count). The molecule has 0 aromatic carbocycles. The lowest BCUT2D eigenvalue weighted by Gasteiger charge is -2.54. The number of fused-ring (bicyclic) bond motifs is 1. The molecule has 1 aliphatic carbocycles. The first-order chi connectivity index (χ1) is 12.2. The van der Waals surface area contributed by atoms with Gasteiger partial charge in [0.05, 0.1) is 23.0 Å². The van der Waals surface area contributed by atoms with Gasteiger partial charge in [-0.05, 0) is 40.7 Å². The summed E-state index contributed by atoms with van der Waals surface area (Å²) in [7, 11) is -2.50. The molecule has 0 radical (unpaired) electrons. The Morgan fingerprint density at radius 1 is 1.11 bits per heavy atom. The second-order valence-electron chi connectivity index (χ2n) is 8.01. The van der Waals surface area contributed by atoms with E-state index in [0.717, 1.165) is 0 Å². The minimum Gasteiger partial charge on any atom is -0.346 e. The van der Waals surface area contributed by atoms with E-state index in [1.165, 1.54) is 13.2 Å². The van der Waals surface area contributed by atoms with Gasteiger partial charge in [-0.1, -0.05) is 0 Å². The highest BCUT2D eigenvalue weighted by molar-refractivity contribution is 7.87.